The molecule has 3 N–H and O–H groups in total. The third-order valence-electron chi connectivity index (χ3n) is 6.92. The Bertz CT molecular complexity index is 1530. The lowest BCUT2D eigenvalue weighted by molar-refractivity contribution is -0.138. The second kappa shape index (κ2) is 9.22. The number of aliphatic carboxylic acids is 1. The summed E-state index contributed by atoms with van der Waals surface area (Å²) in [5.74, 6) is -2.03. The van der Waals surface area contributed by atoms with Gasteiger partial charge in [-0.25, -0.2) is 4.98 Å². The first-order chi connectivity index (χ1) is 17.2. The minimum absolute atomic E-state index is 0.210. The monoisotopic (exact) mass is 522 g/mol. The highest BCUT2D eigenvalue weighted by Gasteiger charge is 2.29. The van der Waals surface area contributed by atoms with Crippen LogP contribution < -0.4 is 5.73 Å². The van der Waals surface area contributed by atoms with E-state index in [2.05, 4.69) is 9.97 Å². The largest absolute Gasteiger partial charge is 0.481 e. The zero-order chi connectivity index (χ0) is 25.7. The smallest absolute Gasteiger partial charge is 0.310 e. The Morgan fingerprint density at radius 1 is 1.11 bits per heavy atom. The highest BCUT2D eigenvalue weighted by molar-refractivity contribution is 6.36. The van der Waals surface area contributed by atoms with E-state index >= 15 is 0 Å². The second-order valence-electron chi connectivity index (χ2n) is 9.25. The van der Waals surface area contributed by atoms with Crippen LogP contribution in [0.5, 0.6) is 0 Å². The Labute approximate surface area is 217 Å². The Kier molecular flexibility index (Phi) is 6.22. The maximum Gasteiger partial charge on any atom is 0.310 e. The molecule has 4 aromatic rings. The molecule has 0 unspecified atom stereocenters. The first kappa shape index (κ1) is 24.3. The third-order valence-corrected chi connectivity index (χ3v) is 7.67. The van der Waals surface area contributed by atoms with E-state index in [-0.39, 0.29) is 11.6 Å². The van der Waals surface area contributed by atoms with E-state index < -0.39 is 17.8 Å². The van der Waals surface area contributed by atoms with Crippen LogP contribution in [0, 0.1) is 0 Å². The molecular weight excluding hydrogens is 499 g/mol. The van der Waals surface area contributed by atoms with Gasteiger partial charge in [-0.15, -0.1) is 0 Å². The Balaban J connectivity index is 1.63. The summed E-state index contributed by atoms with van der Waals surface area (Å²) in [6, 6.07) is 10.3. The maximum absolute atomic E-state index is 11.8. The van der Waals surface area contributed by atoms with Crippen molar-refractivity contribution in [2.24, 2.45) is 5.73 Å². The molecule has 7 nitrogen and oxygen atoms in total. The fraction of sp³-hybridized carbons (Fsp3) is 0.259. The molecule has 2 aromatic carbocycles. The number of pyridine rings is 1. The predicted molar refractivity (Wildman–Crippen MR) is 140 cm³/mol. The molecule has 1 aliphatic rings. The fourth-order valence-electron chi connectivity index (χ4n) is 4.64. The number of carboxylic acid groups (broad SMARTS) is 1. The van der Waals surface area contributed by atoms with E-state index in [1.54, 1.807) is 31.6 Å². The summed E-state index contributed by atoms with van der Waals surface area (Å²) in [5, 5.41) is 10.9. The average molecular weight is 523 g/mol. The second-order valence-corrected chi connectivity index (χ2v) is 10.0. The van der Waals surface area contributed by atoms with Crippen molar-refractivity contribution >= 4 is 46.1 Å². The van der Waals surface area contributed by atoms with Crippen LogP contribution in [0.3, 0.4) is 0 Å². The molecule has 2 heterocycles. The van der Waals surface area contributed by atoms with Gasteiger partial charge in [0.15, 0.2) is 0 Å². The molecule has 0 aliphatic heterocycles. The van der Waals surface area contributed by atoms with Gasteiger partial charge < -0.3 is 15.4 Å². The van der Waals surface area contributed by atoms with Gasteiger partial charge >= 0.3 is 5.97 Å². The quantitative estimate of drug-likeness (QED) is 0.301. The Hall–Kier alpha value is -3.42. The molecule has 0 saturated heterocycles. The summed E-state index contributed by atoms with van der Waals surface area (Å²) >= 11 is 13.5. The normalized spacial score (nSPS) is 15.1. The van der Waals surface area contributed by atoms with Crippen molar-refractivity contribution < 1.29 is 14.7 Å². The molecule has 1 amide bonds. The summed E-state index contributed by atoms with van der Waals surface area (Å²) in [6.45, 7) is 3.58. The minimum atomic E-state index is -1.02. The van der Waals surface area contributed by atoms with Crippen LogP contribution in [-0.4, -0.2) is 31.5 Å². The van der Waals surface area contributed by atoms with E-state index in [4.69, 9.17) is 28.9 Å². The first-order valence-electron chi connectivity index (χ1n) is 11.6. The van der Waals surface area contributed by atoms with Crippen LogP contribution in [0.15, 0.2) is 48.9 Å². The average Bonchev–Trinajstić information content (AvgIpc) is 3.60. The van der Waals surface area contributed by atoms with Gasteiger partial charge in [-0.2, -0.15) is 0 Å². The van der Waals surface area contributed by atoms with Crippen LogP contribution >= 0.6 is 23.2 Å². The standard InChI is InChI=1S/C27H24Cl2N4O3/c1-13(27(35)36)19-9-16(26(30)34)5-6-18(19)21-10-23-22(11-31-21)32-12-33(23)14(2)24-20(28)8-7-17(25(24)29)15-3-4-15/h5-15H,3-4H2,1-2H3,(H2,30,34)(H,35,36)/t13-,14-/m1/s1. The van der Waals surface area contributed by atoms with E-state index in [1.165, 1.54) is 6.07 Å². The number of nitrogens with two attached hydrogens (primary N) is 1. The van der Waals surface area contributed by atoms with Crippen LogP contribution in [-0.2, 0) is 4.79 Å². The highest BCUT2D eigenvalue weighted by atomic mass is 35.5. The van der Waals surface area contributed by atoms with Crippen LogP contribution in [0.4, 0.5) is 0 Å². The number of carbonyl (C=O) groups excluding carboxylic acids is 1. The number of aromatic nitrogens is 3. The lowest BCUT2D eigenvalue weighted by atomic mass is 9.91. The molecule has 1 fully saturated rings. The molecule has 9 heteroatoms. The number of imidazole rings is 1. The summed E-state index contributed by atoms with van der Waals surface area (Å²) in [5.41, 5.74) is 10.7. The van der Waals surface area contributed by atoms with E-state index in [0.717, 1.165) is 29.5 Å². The number of hydrogen-bond acceptors (Lipinski definition) is 4. The van der Waals surface area contributed by atoms with E-state index in [9.17, 15) is 14.7 Å². The fourth-order valence-corrected chi connectivity index (χ4v) is 5.49. The van der Waals surface area contributed by atoms with Gasteiger partial charge in [-0.05, 0) is 68.0 Å². The highest BCUT2D eigenvalue weighted by Crippen LogP contribution is 2.47. The molecule has 36 heavy (non-hydrogen) atoms. The molecular formula is C27H24Cl2N4O3. The molecule has 0 radical (unpaired) electrons. The summed E-state index contributed by atoms with van der Waals surface area (Å²) in [6.07, 6.45) is 5.64. The molecule has 2 atom stereocenters. The lowest BCUT2D eigenvalue weighted by Gasteiger charge is -2.20. The van der Waals surface area contributed by atoms with Crippen molar-refractivity contribution in [3.05, 3.63) is 81.2 Å². The van der Waals surface area contributed by atoms with Gasteiger partial charge in [0.05, 0.1) is 40.7 Å². The maximum atomic E-state index is 11.8. The van der Waals surface area contributed by atoms with Gasteiger partial charge in [0.1, 0.15) is 5.52 Å². The van der Waals surface area contributed by atoms with Gasteiger partial charge in [0.25, 0.3) is 0 Å². The molecule has 0 spiro atoms. The Morgan fingerprint density at radius 3 is 2.53 bits per heavy atom. The lowest BCUT2D eigenvalue weighted by Crippen LogP contribution is -2.14. The molecule has 5 rings (SSSR count). The number of primary amides is 1. The number of benzene rings is 2. The summed E-state index contributed by atoms with van der Waals surface area (Å²) in [7, 11) is 0. The van der Waals surface area contributed by atoms with Crippen LogP contribution in [0.2, 0.25) is 10.0 Å². The first-order valence-corrected chi connectivity index (χ1v) is 12.4. The van der Waals surface area contributed by atoms with Crippen molar-refractivity contribution in [2.75, 3.05) is 0 Å². The number of carboxylic acids is 1. The number of carbonyl (C=O) groups is 2. The van der Waals surface area contributed by atoms with Crippen molar-refractivity contribution in [3.8, 4) is 11.3 Å². The summed E-state index contributed by atoms with van der Waals surface area (Å²) < 4.78 is 1.99. The van der Waals surface area contributed by atoms with E-state index in [1.807, 2.05) is 29.7 Å². The molecule has 0 bridgehead atoms. The predicted octanol–water partition coefficient (Wildman–Crippen LogP) is 6.18. The number of amides is 1. The van der Waals surface area contributed by atoms with Gasteiger partial charge in [-0.1, -0.05) is 35.3 Å². The number of fused-ring (bicyclic) bond motifs is 1. The van der Waals surface area contributed by atoms with E-state index in [0.29, 0.717) is 38.3 Å². The number of halogens is 2. The van der Waals surface area contributed by atoms with Crippen LogP contribution in [0.1, 0.15) is 71.6 Å². The zero-order valence-electron chi connectivity index (χ0n) is 19.7. The van der Waals surface area contributed by atoms with Gasteiger partial charge in [0, 0.05) is 21.7 Å². The van der Waals surface area contributed by atoms with Crippen molar-refractivity contribution in [1.82, 2.24) is 14.5 Å². The van der Waals surface area contributed by atoms with Gasteiger partial charge in [-0.3, -0.25) is 14.6 Å². The molecule has 2 aromatic heterocycles. The van der Waals surface area contributed by atoms with Crippen LogP contribution in [0.25, 0.3) is 22.3 Å². The van der Waals surface area contributed by atoms with Crippen molar-refractivity contribution in [2.45, 2.75) is 44.6 Å². The molecule has 1 aliphatic carbocycles. The van der Waals surface area contributed by atoms with Crippen molar-refractivity contribution in [1.29, 1.82) is 0 Å². The van der Waals surface area contributed by atoms with Gasteiger partial charge in [0.2, 0.25) is 5.91 Å². The molecule has 1 saturated carbocycles. The zero-order valence-corrected chi connectivity index (χ0v) is 21.2. The number of nitrogens with zero attached hydrogens (tertiary/aromatic N) is 3. The number of hydrogen-bond donors (Lipinski definition) is 2. The topological polar surface area (TPSA) is 111 Å². The SMILES string of the molecule is C[C@H](c1c(Cl)ccc(C2CC2)c1Cl)n1cnc2cnc(-c3ccc(C(N)=O)cc3[C@@H](C)C(=O)O)cc21. The summed E-state index contributed by atoms with van der Waals surface area (Å²) in [4.78, 5) is 32.6. The third kappa shape index (κ3) is 4.22. The van der Waals surface area contributed by atoms with Crippen molar-refractivity contribution in [3.63, 3.8) is 0 Å². The Morgan fingerprint density at radius 2 is 1.86 bits per heavy atom. The number of rotatable bonds is 7. The minimum Gasteiger partial charge on any atom is -0.481 e. The molecule has 184 valence electrons.